The molecule has 0 saturated carbocycles. The molecule has 122 valence electrons. The summed E-state index contributed by atoms with van der Waals surface area (Å²) in [4.78, 5) is 11.9. The van der Waals surface area contributed by atoms with Crippen molar-refractivity contribution in [3.8, 4) is 5.75 Å². The van der Waals surface area contributed by atoms with Crippen LogP contribution in [0.15, 0.2) is 48.5 Å². The summed E-state index contributed by atoms with van der Waals surface area (Å²) in [5.74, 6) is 0.458. The minimum absolute atomic E-state index is 0.0397. The minimum Gasteiger partial charge on any atom is -0.484 e. The Morgan fingerprint density at radius 2 is 1.87 bits per heavy atom. The average Bonchev–Trinajstić information content (AvgIpc) is 2.56. The van der Waals surface area contributed by atoms with Crippen LogP contribution in [0.2, 0.25) is 5.02 Å². The molecule has 0 radical (unpaired) electrons. The number of halogens is 1. The van der Waals surface area contributed by atoms with Gasteiger partial charge in [-0.05, 0) is 25.1 Å². The fourth-order valence-electron chi connectivity index (χ4n) is 2.10. The Morgan fingerprint density at radius 3 is 2.52 bits per heavy atom. The van der Waals surface area contributed by atoms with Gasteiger partial charge in [-0.3, -0.25) is 4.79 Å². The Bertz CT molecular complexity index is 643. The highest BCUT2D eigenvalue weighted by molar-refractivity contribution is 6.31. The van der Waals surface area contributed by atoms with E-state index >= 15 is 0 Å². The maximum Gasteiger partial charge on any atom is 0.258 e. The summed E-state index contributed by atoms with van der Waals surface area (Å²) in [6, 6.07) is 15.0. The lowest BCUT2D eigenvalue weighted by molar-refractivity contribution is -0.123. The fourth-order valence-corrected chi connectivity index (χ4v) is 2.35. The summed E-state index contributed by atoms with van der Waals surface area (Å²) in [7, 11) is 1.59. The number of rotatable bonds is 7. The second-order valence-corrected chi connectivity index (χ2v) is 5.56. The van der Waals surface area contributed by atoms with E-state index in [1.165, 1.54) is 0 Å². The van der Waals surface area contributed by atoms with E-state index in [0.29, 0.717) is 17.3 Å². The van der Waals surface area contributed by atoms with Crippen LogP contribution in [0.3, 0.4) is 0 Å². The molecule has 0 saturated heterocycles. The Balaban J connectivity index is 1.83. The van der Waals surface area contributed by atoms with E-state index in [4.69, 9.17) is 21.1 Å². The largest absolute Gasteiger partial charge is 0.484 e. The number of ether oxygens (including phenoxy) is 2. The van der Waals surface area contributed by atoms with Gasteiger partial charge in [0.1, 0.15) is 11.9 Å². The maximum atomic E-state index is 11.9. The van der Waals surface area contributed by atoms with Gasteiger partial charge in [-0.1, -0.05) is 47.5 Å². The molecule has 0 aromatic heterocycles. The Morgan fingerprint density at radius 1 is 1.17 bits per heavy atom. The van der Waals surface area contributed by atoms with Crippen molar-refractivity contribution in [2.75, 3.05) is 20.3 Å². The highest BCUT2D eigenvalue weighted by atomic mass is 35.5. The van der Waals surface area contributed by atoms with Crippen molar-refractivity contribution >= 4 is 17.5 Å². The smallest absolute Gasteiger partial charge is 0.258 e. The van der Waals surface area contributed by atoms with Gasteiger partial charge in [-0.2, -0.15) is 0 Å². The molecule has 0 heterocycles. The zero-order valence-corrected chi connectivity index (χ0v) is 14.0. The lowest BCUT2D eigenvalue weighted by Gasteiger charge is -2.17. The summed E-state index contributed by atoms with van der Waals surface area (Å²) in [5.41, 5.74) is 1.99. The zero-order chi connectivity index (χ0) is 16.7. The molecule has 4 nitrogen and oxygen atoms in total. The topological polar surface area (TPSA) is 47.6 Å². The van der Waals surface area contributed by atoms with E-state index < -0.39 is 0 Å². The Labute approximate surface area is 141 Å². The van der Waals surface area contributed by atoms with Gasteiger partial charge >= 0.3 is 0 Å². The number of benzene rings is 2. The van der Waals surface area contributed by atoms with Crippen LogP contribution in [0, 0.1) is 6.92 Å². The van der Waals surface area contributed by atoms with Gasteiger partial charge in [0.15, 0.2) is 6.61 Å². The van der Waals surface area contributed by atoms with E-state index in [1.807, 2.05) is 49.4 Å². The quantitative estimate of drug-likeness (QED) is 0.843. The molecular formula is C18H20ClNO3. The standard InChI is InChI=1S/C18H20ClNO3/c1-13-7-9-14(10-8-13)23-12-18(21)20-11-17(22-2)15-5-3-4-6-16(15)19/h3-10,17H,11-12H2,1-2H3,(H,20,21). The molecule has 0 bridgehead atoms. The van der Waals surface area contributed by atoms with Crippen LogP contribution < -0.4 is 10.1 Å². The van der Waals surface area contributed by atoms with Gasteiger partial charge < -0.3 is 14.8 Å². The normalized spacial score (nSPS) is 11.8. The van der Waals surface area contributed by atoms with Crippen LogP contribution in [0.5, 0.6) is 5.75 Å². The predicted octanol–water partition coefficient (Wildman–Crippen LogP) is 3.53. The molecule has 0 spiro atoms. The van der Waals surface area contributed by atoms with Crippen molar-refractivity contribution in [2.45, 2.75) is 13.0 Å². The van der Waals surface area contributed by atoms with Gasteiger partial charge in [-0.25, -0.2) is 0 Å². The number of hydrogen-bond donors (Lipinski definition) is 1. The first-order valence-corrected chi connectivity index (χ1v) is 7.71. The molecule has 1 N–H and O–H groups in total. The molecule has 2 aromatic rings. The van der Waals surface area contributed by atoms with Crippen LogP contribution in [0.4, 0.5) is 0 Å². The van der Waals surface area contributed by atoms with E-state index in [0.717, 1.165) is 11.1 Å². The summed E-state index contributed by atoms with van der Waals surface area (Å²) in [6.45, 7) is 2.29. The van der Waals surface area contributed by atoms with Gasteiger partial charge in [0, 0.05) is 24.2 Å². The lowest BCUT2D eigenvalue weighted by atomic mass is 10.1. The first-order valence-electron chi connectivity index (χ1n) is 7.33. The Kier molecular flexibility index (Phi) is 6.44. The van der Waals surface area contributed by atoms with E-state index in [2.05, 4.69) is 5.32 Å². The molecule has 1 amide bonds. The third-order valence-electron chi connectivity index (χ3n) is 3.41. The van der Waals surface area contributed by atoms with E-state index in [1.54, 1.807) is 13.2 Å². The molecular weight excluding hydrogens is 314 g/mol. The van der Waals surface area contributed by atoms with Crippen molar-refractivity contribution in [1.29, 1.82) is 0 Å². The van der Waals surface area contributed by atoms with Crippen LogP contribution in [-0.4, -0.2) is 26.2 Å². The minimum atomic E-state index is -0.299. The lowest BCUT2D eigenvalue weighted by Crippen LogP contribution is -2.33. The first-order chi connectivity index (χ1) is 11.1. The van der Waals surface area contributed by atoms with Crippen LogP contribution in [0.1, 0.15) is 17.2 Å². The predicted molar refractivity (Wildman–Crippen MR) is 90.9 cm³/mol. The van der Waals surface area contributed by atoms with E-state index in [9.17, 15) is 4.79 Å². The van der Waals surface area contributed by atoms with Gasteiger partial charge in [0.2, 0.25) is 0 Å². The SMILES string of the molecule is COC(CNC(=O)COc1ccc(C)cc1)c1ccccc1Cl. The second kappa shape index (κ2) is 8.56. The molecule has 2 aromatic carbocycles. The van der Waals surface area contributed by atoms with Crippen LogP contribution in [0.25, 0.3) is 0 Å². The zero-order valence-electron chi connectivity index (χ0n) is 13.2. The van der Waals surface area contributed by atoms with E-state index in [-0.39, 0.29) is 18.6 Å². The molecule has 1 atom stereocenters. The summed E-state index contributed by atoms with van der Waals surface area (Å²) < 4.78 is 10.8. The average molecular weight is 334 g/mol. The molecule has 2 rings (SSSR count). The third kappa shape index (κ3) is 5.27. The molecule has 1 unspecified atom stereocenters. The fraction of sp³-hybridized carbons (Fsp3) is 0.278. The van der Waals surface area contributed by atoms with Crippen molar-refractivity contribution < 1.29 is 14.3 Å². The number of aryl methyl sites for hydroxylation is 1. The van der Waals surface area contributed by atoms with Crippen LogP contribution >= 0.6 is 11.6 Å². The summed E-state index contributed by atoms with van der Waals surface area (Å²) in [5, 5.41) is 3.41. The number of hydrogen-bond acceptors (Lipinski definition) is 3. The molecule has 0 aliphatic rings. The molecule has 0 aliphatic heterocycles. The second-order valence-electron chi connectivity index (χ2n) is 5.15. The molecule has 0 aliphatic carbocycles. The van der Waals surface area contributed by atoms with Gasteiger partial charge in [-0.15, -0.1) is 0 Å². The Hall–Kier alpha value is -2.04. The number of nitrogens with one attached hydrogen (secondary N) is 1. The first kappa shape index (κ1) is 17.3. The number of amides is 1. The third-order valence-corrected chi connectivity index (χ3v) is 3.76. The van der Waals surface area contributed by atoms with Crippen molar-refractivity contribution in [3.63, 3.8) is 0 Å². The van der Waals surface area contributed by atoms with Gasteiger partial charge in [0.25, 0.3) is 5.91 Å². The summed E-state index contributed by atoms with van der Waals surface area (Å²) in [6.07, 6.45) is -0.299. The van der Waals surface area contributed by atoms with Crippen molar-refractivity contribution in [3.05, 3.63) is 64.7 Å². The number of carbonyl (C=O) groups is 1. The highest BCUT2D eigenvalue weighted by Crippen LogP contribution is 2.24. The number of methoxy groups -OCH3 is 1. The monoisotopic (exact) mass is 333 g/mol. The number of carbonyl (C=O) groups excluding carboxylic acids is 1. The molecule has 23 heavy (non-hydrogen) atoms. The van der Waals surface area contributed by atoms with Crippen LogP contribution in [-0.2, 0) is 9.53 Å². The van der Waals surface area contributed by atoms with Gasteiger partial charge in [0.05, 0.1) is 0 Å². The molecule has 0 fully saturated rings. The van der Waals surface area contributed by atoms with Crippen molar-refractivity contribution in [1.82, 2.24) is 5.32 Å². The molecule has 5 heteroatoms. The van der Waals surface area contributed by atoms with Crippen molar-refractivity contribution in [2.24, 2.45) is 0 Å². The highest BCUT2D eigenvalue weighted by Gasteiger charge is 2.15. The summed E-state index contributed by atoms with van der Waals surface area (Å²) >= 11 is 6.15. The maximum absolute atomic E-state index is 11.9.